The van der Waals surface area contributed by atoms with Gasteiger partial charge in [0, 0.05) is 24.6 Å². The van der Waals surface area contributed by atoms with Crippen LogP contribution in [0.2, 0.25) is 0 Å². The third kappa shape index (κ3) is 2.58. The van der Waals surface area contributed by atoms with E-state index >= 15 is 0 Å². The van der Waals surface area contributed by atoms with Gasteiger partial charge in [-0.3, -0.25) is 4.90 Å². The highest BCUT2D eigenvalue weighted by atomic mass is 33.1. The van der Waals surface area contributed by atoms with Gasteiger partial charge in [-0.25, -0.2) is 0 Å². The third-order valence-electron chi connectivity index (χ3n) is 2.04. The van der Waals surface area contributed by atoms with E-state index in [0.29, 0.717) is 0 Å². The Bertz CT molecular complexity index is 178. The molecule has 0 radical (unpaired) electrons. The maximum absolute atomic E-state index is 8.93. The summed E-state index contributed by atoms with van der Waals surface area (Å²) in [5.41, 5.74) is -0.286. The SMILES string of the molecule is CC(C)(C#N)N1CCSSCC1. The van der Waals surface area contributed by atoms with Crippen LogP contribution in [0, 0.1) is 11.3 Å². The molecule has 0 spiro atoms. The molecule has 1 fully saturated rings. The van der Waals surface area contributed by atoms with Gasteiger partial charge < -0.3 is 0 Å². The van der Waals surface area contributed by atoms with Crippen molar-refractivity contribution in [3.63, 3.8) is 0 Å². The van der Waals surface area contributed by atoms with E-state index in [-0.39, 0.29) is 5.54 Å². The molecular formula is C8H14N2S2. The first-order valence-corrected chi connectivity index (χ1v) is 6.56. The number of rotatable bonds is 1. The first-order valence-electron chi connectivity index (χ1n) is 4.07. The summed E-state index contributed by atoms with van der Waals surface area (Å²) in [6.07, 6.45) is 0. The molecule has 0 unspecified atom stereocenters. The van der Waals surface area contributed by atoms with Crippen LogP contribution in [0.4, 0.5) is 0 Å². The first-order chi connectivity index (χ1) is 5.67. The van der Waals surface area contributed by atoms with Crippen molar-refractivity contribution in [3.8, 4) is 6.07 Å². The third-order valence-corrected chi connectivity index (χ3v) is 4.40. The number of nitriles is 1. The van der Waals surface area contributed by atoms with E-state index in [1.54, 1.807) is 0 Å². The molecule has 1 rings (SSSR count). The molecule has 2 nitrogen and oxygen atoms in total. The minimum atomic E-state index is -0.286. The lowest BCUT2D eigenvalue weighted by Crippen LogP contribution is -2.44. The van der Waals surface area contributed by atoms with Crippen molar-refractivity contribution in [3.05, 3.63) is 0 Å². The normalized spacial score (nSPS) is 21.4. The van der Waals surface area contributed by atoms with Crippen LogP contribution in [-0.2, 0) is 0 Å². The molecule has 0 aromatic carbocycles. The van der Waals surface area contributed by atoms with Gasteiger partial charge in [0.2, 0.25) is 0 Å². The number of nitrogens with zero attached hydrogens (tertiary/aromatic N) is 2. The topological polar surface area (TPSA) is 27.0 Å². The quantitative estimate of drug-likeness (QED) is 0.608. The zero-order chi connectivity index (χ0) is 9.03. The lowest BCUT2D eigenvalue weighted by molar-refractivity contribution is 0.191. The van der Waals surface area contributed by atoms with Crippen LogP contribution in [0.1, 0.15) is 13.8 Å². The van der Waals surface area contributed by atoms with Crippen LogP contribution in [-0.4, -0.2) is 35.0 Å². The van der Waals surface area contributed by atoms with Gasteiger partial charge >= 0.3 is 0 Å². The average Bonchev–Trinajstić information content (AvgIpc) is 2.32. The molecule has 0 amide bonds. The molecule has 68 valence electrons. The Morgan fingerprint density at radius 3 is 2.17 bits per heavy atom. The highest BCUT2D eigenvalue weighted by Crippen LogP contribution is 2.26. The molecule has 0 saturated carbocycles. The summed E-state index contributed by atoms with van der Waals surface area (Å²) in [7, 11) is 3.82. The Morgan fingerprint density at radius 1 is 1.25 bits per heavy atom. The molecule has 0 atom stereocenters. The number of hydrogen-bond acceptors (Lipinski definition) is 4. The Labute approximate surface area is 82.1 Å². The maximum Gasteiger partial charge on any atom is 0.103 e. The lowest BCUT2D eigenvalue weighted by atomic mass is 10.1. The van der Waals surface area contributed by atoms with Crippen LogP contribution >= 0.6 is 21.6 Å². The summed E-state index contributed by atoms with van der Waals surface area (Å²) < 4.78 is 0. The molecule has 0 aromatic heterocycles. The Hall–Kier alpha value is 0.150. The van der Waals surface area contributed by atoms with Crippen LogP contribution in [0.5, 0.6) is 0 Å². The van der Waals surface area contributed by atoms with Crippen molar-refractivity contribution in [2.45, 2.75) is 19.4 Å². The Balaban J connectivity index is 2.55. The van der Waals surface area contributed by atoms with Crippen molar-refractivity contribution in [1.29, 1.82) is 5.26 Å². The molecule has 1 aliphatic heterocycles. The van der Waals surface area contributed by atoms with Gasteiger partial charge in [0.1, 0.15) is 5.54 Å². The number of hydrogen-bond donors (Lipinski definition) is 0. The van der Waals surface area contributed by atoms with E-state index in [1.165, 1.54) is 0 Å². The smallest absolute Gasteiger partial charge is 0.103 e. The van der Waals surface area contributed by atoms with E-state index in [9.17, 15) is 0 Å². The fraction of sp³-hybridized carbons (Fsp3) is 0.875. The van der Waals surface area contributed by atoms with E-state index < -0.39 is 0 Å². The summed E-state index contributed by atoms with van der Waals surface area (Å²) in [6.45, 7) is 6.07. The average molecular weight is 202 g/mol. The van der Waals surface area contributed by atoms with Crippen molar-refractivity contribution < 1.29 is 0 Å². The van der Waals surface area contributed by atoms with E-state index in [2.05, 4.69) is 11.0 Å². The highest BCUT2D eigenvalue weighted by molar-refractivity contribution is 8.76. The monoisotopic (exact) mass is 202 g/mol. The molecule has 1 saturated heterocycles. The molecule has 0 N–H and O–H groups in total. The second-order valence-corrected chi connectivity index (χ2v) is 6.00. The fourth-order valence-electron chi connectivity index (χ4n) is 1.15. The molecule has 1 heterocycles. The molecule has 1 aliphatic rings. The van der Waals surface area contributed by atoms with E-state index in [1.807, 2.05) is 35.4 Å². The molecule has 12 heavy (non-hydrogen) atoms. The second kappa shape index (κ2) is 4.40. The molecule has 0 bridgehead atoms. The van der Waals surface area contributed by atoms with Gasteiger partial charge in [0.15, 0.2) is 0 Å². The predicted molar refractivity (Wildman–Crippen MR) is 56.2 cm³/mol. The summed E-state index contributed by atoms with van der Waals surface area (Å²) in [4.78, 5) is 2.26. The first kappa shape index (κ1) is 10.2. The summed E-state index contributed by atoms with van der Waals surface area (Å²) in [5.74, 6) is 2.27. The van der Waals surface area contributed by atoms with Gasteiger partial charge in [-0.05, 0) is 13.8 Å². The van der Waals surface area contributed by atoms with Gasteiger partial charge in [0.25, 0.3) is 0 Å². The molecule has 0 aromatic rings. The molecule has 4 heteroatoms. The summed E-state index contributed by atoms with van der Waals surface area (Å²) >= 11 is 0. The zero-order valence-electron chi connectivity index (χ0n) is 7.54. The Kier molecular flexibility index (Phi) is 3.76. The highest BCUT2D eigenvalue weighted by Gasteiger charge is 2.26. The van der Waals surface area contributed by atoms with Crippen LogP contribution in [0.25, 0.3) is 0 Å². The van der Waals surface area contributed by atoms with Crippen LogP contribution in [0.3, 0.4) is 0 Å². The van der Waals surface area contributed by atoms with Gasteiger partial charge in [0.05, 0.1) is 6.07 Å². The van der Waals surface area contributed by atoms with Crippen molar-refractivity contribution >= 4 is 21.6 Å². The summed E-state index contributed by atoms with van der Waals surface area (Å²) in [5, 5.41) is 8.93. The van der Waals surface area contributed by atoms with Crippen LogP contribution < -0.4 is 0 Å². The molecule has 0 aliphatic carbocycles. The van der Waals surface area contributed by atoms with Crippen molar-refractivity contribution in [1.82, 2.24) is 4.90 Å². The second-order valence-electron chi connectivity index (χ2n) is 3.30. The van der Waals surface area contributed by atoms with Crippen molar-refractivity contribution in [2.24, 2.45) is 0 Å². The van der Waals surface area contributed by atoms with E-state index in [4.69, 9.17) is 5.26 Å². The lowest BCUT2D eigenvalue weighted by Gasteiger charge is -2.31. The zero-order valence-corrected chi connectivity index (χ0v) is 9.17. The van der Waals surface area contributed by atoms with Crippen LogP contribution in [0.15, 0.2) is 0 Å². The Morgan fingerprint density at radius 2 is 1.75 bits per heavy atom. The van der Waals surface area contributed by atoms with Gasteiger partial charge in [-0.2, -0.15) is 5.26 Å². The summed E-state index contributed by atoms with van der Waals surface area (Å²) in [6, 6.07) is 2.35. The standard InChI is InChI=1S/C8H14N2S2/c1-8(2,7-9)10-3-5-11-12-6-4-10/h3-6H2,1-2H3. The fourth-order valence-corrected chi connectivity index (χ4v) is 3.13. The minimum absolute atomic E-state index is 0.286. The minimum Gasteiger partial charge on any atom is -0.284 e. The maximum atomic E-state index is 8.93. The van der Waals surface area contributed by atoms with E-state index in [0.717, 1.165) is 24.6 Å². The largest absolute Gasteiger partial charge is 0.284 e. The molecular weight excluding hydrogens is 188 g/mol. The predicted octanol–water partition coefficient (Wildman–Crippen LogP) is 1.99. The van der Waals surface area contributed by atoms with Gasteiger partial charge in [-0.15, -0.1) is 0 Å². The van der Waals surface area contributed by atoms with Gasteiger partial charge in [-0.1, -0.05) is 21.6 Å². The van der Waals surface area contributed by atoms with Crippen molar-refractivity contribution in [2.75, 3.05) is 24.6 Å².